The van der Waals surface area contributed by atoms with Crippen LogP contribution in [0.15, 0.2) is 97.1 Å². The van der Waals surface area contributed by atoms with Crippen LogP contribution < -0.4 is 0 Å². The summed E-state index contributed by atoms with van der Waals surface area (Å²) < 4.78 is 0. The predicted molar refractivity (Wildman–Crippen MR) is 143 cm³/mol. The third-order valence-corrected chi connectivity index (χ3v) is 6.15. The first-order valence-electron chi connectivity index (χ1n) is 11.7. The van der Waals surface area contributed by atoms with Crippen LogP contribution in [0.3, 0.4) is 0 Å². The summed E-state index contributed by atoms with van der Waals surface area (Å²) in [5, 5.41) is 0. The lowest BCUT2D eigenvalue weighted by Crippen LogP contribution is -1.88. The van der Waals surface area contributed by atoms with Crippen LogP contribution in [0.2, 0.25) is 0 Å². The molecule has 0 radical (unpaired) electrons. The molecule has 0 bridgehead atoms. The zero-order valence-corrected chi connectivity index (χ0v) is 20.1. The largest absolute Gasteiger partial charge is 0.258 e. The van der Waals surface area contributed by atoms with E-state index in [1.807, 2.05) is 27.7 Å². The van der Waals surface area contributed by atoms with Crippen molar-refractivity contribution in [3.8, 4) is 44.5 Å². The Bertz CT molecular complexity index is 1290. The van der Waals surface area contributed by atoms with Crippen LogP contribution >= 0.6 is 0 Å². The van der Waals surface area contributed by atoms with E-state index in [1.165, 1.54) is 44.5 Å². The Labute approximate surface area is 202 Å². The number of nitrogens with zero attached hydrogens (tertiary/aromatic N) is 2. The maximum Gasteiger partial charge on any atom is 0.0382 e. The maximum absolute atomic E-state index is 4.48. The molecule has 3 aromatic carbocycles. The highest BCUT2D eigenvalue weighted by atomic mass is 14.7. The number of pyridine rings is 2. The summed E-state index contributed by atoms with van der Waals surface area (Å²) in [5.41, 5.74) is 13.9. The molecule has 5 aromatic rings. The van der Waals surface area contributed by atoms with Crippen LogP contribution in [0, 0.1) is 27.7 Å². The van der Waals surface area contributed by atoms with Gasteiger partial charge in [0.25, 0.3) is 0 Å². The monoisotopic (exact) mass is 440 g/mol. The van der Waals surface area contributed by atoms with Gasteiger partial charge in [0.05, 0.1) is 0 Å². The Morgan fingerprint density at radius 1 is 0.294 bits per heavy atom. The second-order valence-electron chi connectivity index (χ2n) is 9.01. The molecule has 2 heteroatoms. The average molecular weight is 441 g/mol. The molecule has 0 aliphatic carbocycles. The summed E-state index contributed by atoms with van der Waals surface area (Å²) >= 11 is 0. The molecular formula is C32H28N2. The van der Waals surface area contributed by atoms with Crippen molar-refractivity contribution in [3.05, 3.63) is 120 Å². The van der Waals surface area contributed by atoms with Gasteiger partial charge in [-0.1, -0.05) is 72.8 Å². The molecule has 0 atom stereocenters. The minimum absolute atomic E-state index is 1.05. The van der Waals surface area contributed by atoms with Gasteiger partial charge in [0, 0.05) is 22.8 Å². The molecule has 34 heavy (non-hydrogen) atoms. The Kier molecular flexibility index (Phi) is 5.81. The molecule has 0 unspecified atom stereocenters. The van der Waals surface area contributed by atoms with Gasteiger partial charge in [-0.15, -0.1) is 0 Å². The van der Waals surface area contributed by atoms with Crippen molar-refractivity contribution in [1.82, 2.24) is 9.97 Å². The second kappa shape index (κ2) is 9.07. The van der Waals surface area contributed by atoms with Crippen molar-refractivity contribution in [1.29, 1.82) is 0 Å². The summed E-state index contributed by atoms with van der Waals surface area (Å²) in [6.07, 6.45) is 0. The van der Waals surface area contributed by atoms with E-state index in [0.29, 0.717) is 0 Å². The lowest BCUT2D eigenvalue weighted by molar-refractivity contribution is 1.12. The van der Waals surface area contributed by atoms with E-state index >= 15 is 0 Å². The van der Waals surface area contributed by atoms with Gasteiger partial charge in [-0.3, -0.25) is 9.97 Å². The zero-order chi connectivity index (χ0) is 23.7. The Hall–Kier alpha value is -4.04. The minimum atomic E-state index is 1.05. The summed E-state index contributed by atoms with van der Waals surface area (Å²) in [5.74, 6) is 0. The lowest BCUT2D eigenvalue weighted by atomic mass is 9.97. The van der Waals surface area contributed by atoms with E-state index in [9.17, 15) is 0 Å². The Morgan fingerprint density at radius 3 is 0.676 bits per heavy atom. The smallest absolute Gasteiger partial charge is 0.0382 e. The summed E-state index contributed by atoms with van der Waals surface area (Å²) in [4.78, 5) is 8.97. The van der Waals surface area contributed by atoms with E-state index < -0.39 is 0 Å². The SMILES string of the molecule is Cc1cc(-c2ccc(-c3ccc(-c4ccc(-c5cc(C)nc(C)c5)cc4)cc3)cc2)cc(C)n1. The Morgan fingerprint density at radius 2 is 0.471 bits per heavy atom. The molecule has 0 saturated carbocycles. The number of benzene rings is 3. The zero-order valence-electron chi connectivity index (χ0n) is 20.1. The van der Waals surface area contributed by atoms with Crippen molar-refractivity contribution >= 4 is 0 Å². The number of aromatic nitrogens is 2. The number of aryl methyl sites for hydroxylation is 4. The highest BCUT2D eigenvalue weighted by Crippen LogP contribution is 2.29. The molecule has 0 amide bonds. The molecule has 2 aromatic heterocycles. The molecule has 166 valence electrons. The molecular weight excluding hydrogens is 412 g/mol. The van der Waals surface area contributed by atoms with Crippen molar-refractivity contribution in [2.24, 2.45) is 0 Å². The van der Waals surface area contributed by atoms with Crippen LogP contribution in [0.1, 0.15) is 22.8 Å². The quantitative estimate of drug-likeness (QED) is 0.280. The average Bonchev–Trinajstić information content (AvgIpc) is 2.83. The number of rotatable bonds is 4. The molecule has 0 saturated heterocycles. The van der Waals surface area contributed by atoms with E-state index in [0.717, 1.165) is 22.8 Å². The summed E-state index contributed by atoms with van der Waals surface area (Å²) in [6, 6.07) is 34.9. The lowest BCUT2D eigenvalue weighted by Gasteiger charge is -2.09. The number of hydrogen-bond donors (Lipinski definition) is 0. The van der Waals surface area contributed by atoms with Crippen LogP contribution in [0.25, 0.3) is 44.5 Å². The molecule has 2 nitrogen and oxygen atoms in total. The maximum atomic E-state index is 4.48. The van der Waals surface area contributed by atoms with Gasteiger partial charge in [-0.05, 0) is 96.5 Å². The van der Waals surface area contributed by atoms with E-state index in [4.69, 9.17) is 0 Å². The molecule has 0 aliphatic rings. The van der Waals surface area contributed by atoms with Crippen molar-refractivity contribution in [2.45, 2.75) is 27.7 Å². The van der Waals surface area contributed by atoms with Gasteiger partial charge >= 0.3 is 0 Å². The Balaban J connectivity index is 1.35. The third kappa shape index (κ3) is 4.67. The van der Waals surface area contributed by atoms with Crippen LogP contribution in [0.5, 0.6) is 0 Å². The second-order valence-corrected chi connectivity index (χ2v) is 9.01. The molecule has 0 N–H and O–H groups in total. The fraction of sp³-hybridized carbons (Fsp3) is 0.125. The first-order valence-corrected chi connectivity index (χ1v) is 11.7. The minimum Gasteiger partial charge on any atom is -0.258 e. The summed E-state index contributed by atoms with van der Waals surface area (Å²) in [6.45, 7) is 8.17. The van der Waals surface area contributed by atoms with Crippen molar-refractivity contribution in [3.63, 3.8) is 0 Å². The molecule has 0 spiro atoms. The van der Waals surface area contributed by atoms with Gasteiger partial charge < -0.3 is 0 Å². The highest BCUT2D eigenvalue weighted by molar-refractivity contribution is 5.75. The van der Waals surface area contributed by atoms with Crippen LogP contribution in [0.4, 0.5) is 0 Å². The van der Waals surface area contributed by atoms with E-state index in [1.54, 1.807) is 0 Å². The molecule has 0 fully saturated rings. The van der Waals surface area contributed by atoms with Crippen LogP contribution in [-0.2, 0) is 0 Å². The van der Waals surface area contributed by atoms with Crippen molar-refractivity contribution in [2.75, 3.05) is 0 Å². The highest BCUT2D eigenvalue weighted by Gasteiger charge is 2.05. The van der Waals surface area contributed by atoms with E-state index in [-0.39, 0.29) is 0 Å². The van der Waals surface area contributed by atoms with Gasteiger partial charge in [-0.2, -0.15) is 0 Å². The van der Waals surface area contributed by atoms with E-state index in [2.05, 4.69) is 107 Å². The molecule has 0 aliphatic heterocycles. The fourth-order valence-electron chi connectivity index (χ4n) is 4.57. The predicted octanol–water partition coefficient (Wildman–Crippen LogP) is 8.38. The number of hydrogen-bond acceptors (Lipinski definition) is 2. The van der Waals surface area contributed by atoms with Crippen LogP contribution in [-0.4, -0.2) is 9.97 Å². The first-order chi connectivity index (χ1) is 16.4. The summed E-state index contributed by atoms with van der Waals surface area (Å²) in [7, 11) is 0. The van der Waals surface area contributed by atoms with Gasteiger partial charge in [0.15, 0.2) is 0 Å². The normalized spacial score (nSPS) is 10.9. The fourth-order valence-corrected chi connectivity index (χ4v) is 4.57. The van der Waals surface area contributed by atoms with Gasteiger partial charge in [-0.25, -0.2) is 0 Å². The first kappa shape index (κ1) is 21.8. The standard InChI is InChI=1S/C32H28N2/c1-21-17-31(18-22(2)33-21)29-13-9-27(10-14-29)25-5-7-26(8-6-25)28-11-15-30(16-12-28)32-19-23(3)34-24(4)20-32/h5-20H,1-4H3. The molecule has 5 rings (SSSR count). The third-order valence-electron chi connectivity index (χ3n) is 6.15. The topological polar surface area (TPSA) is 25.8 Å². The molecule has 2 heterocycles. The van der Waals surface area contributed by atoms with Crippen molar-refractivity contribution < 1.29 is 0 Å². The van der Waals surface area contributed by atoms with Gasteiger partial charge in [0.2, 0.25) is 0 Å². The van der Waals surface area contributed by atoms with Gasteiger partial charge in [0.1, 0.15) is 0 Å².